The molecular formula is C23H23N3O2. The number of ether oxygens (including phenoxy) is 1. The number of aromatic nitrogens is 1. The number of amides is 1. The maximum atomic E-state index is 13.2. The van der Waals surface area contributed by atoms with Crippen molar-refractivity contribution in [2.24, 2.45) is 0 Å². The van der Waals surface area contributed by atoms with Crippen molar-refractivity contribution in [1.82, 2.24) is 4.98 Å². The van der Waals surface area contributed by atoms with Crippen molar-refractivity contribution in [1.29, 1.82) is 0 Å². The fourth-order valence-corrected chi connectivity index (χ4v) is 3.64. The van der Waals surface area contributed by atoms with Gasteiger partial charge in [0.2, 0.25) is 0 Å². The number of para-hydroxylation sites is 3. The Morgan fingerprint density at radius 3 is 2.82 bits per heavy atom. The van der Waals surface area contributed by atoms with Crippen molar-refractivity contribution in [2.75, 3.05) is 16.8 Å². The van der Waals surface area contributed by atoms with E-state index in [2.05, 4.69) is 23.3 Å². The molecule has 1 aliphatic heterocycles. The molecule has 1 unspecified atom stereocenters. The van der Waals surface area contributed by atoms with E-state index in [1.807, 2.05) is 54.3 Å². The highest BCUT2D eigenvalue weighted by Crippen LogP contribution is 2.33. The van der Waals surface area contributed by atoms with Gasteiger partial charge in [0.1, 0.15) is 11.6 Å². The number of carbonyl (C=O) groups excluding carboxylic acids is 1. The first-order valence-corrected chi connectivity index (χ1v) is 9.53. The molecule has 142 valence electrons. The van der Waals surface area contributed by atoms with E-state index < -0.39 is 0 Å². The zero-order chi connectivity index (χ0) is 19.5. The molecule has 5 heteroatoms. The second-order valence-corrected chi connectivity index (χ2v) is 6.84. The highest BCUT2D eigenvalue weighted by molar-refractivity contribution is 6.08. The normalized spacial score (nSPS) is 15.2. The van der Waals surface area contributed by atoms with Crippen LogP contribution in [0.1, 0.15) is 29.8 Å². The molecule has 2 heterocycles. The quantitative estimate of drug-likeness (QED) is 0.697. The van der Waals surface area contributed by atoms with Gasteiger partial charge in [0.05, 0.1) is 12.3 Å². The number of anilines is 3. The standard InChI is InChI=1S/C23H23N3O2/c1-3-28-21-11-7-5-9-19(21)25-22-15-18(12-13-24-22)23(27)26-16(2)14-17-8-4-6-10-20(17)26/h4-13,15-16H,3,14H2,1-2H3,(H,24,25). The molecule has 2 aromatic carbocycles. The molecule has 0 bridgehead atoms. The summed E-state index contributed by atoms with van der Waals surface area (Å²) in [5.41, 5.74) is 3.63. The van der Waals surface area contributed by atoms with Crippen LogP contribution in [0.2, 0.25) is 0 Å². The SMILES string of the molecule is CCOc1ccccc1Nc1cc(C(=O)N2c3ccccc3CC2C)ccn1. The van der Waals surface area contributed by atoms with Gasteiger partial charge in [-0.05, 0) is 56.2 Å². The van der Waals surface area contributed by atoms with Gasteiger partial charge in [-0.25, -0.2) is 4.98 Å². The molecule has 0 fully saturated rings. The summed E-state index contributed by atoms with van der Waals surface area (Å²) in [4.78, 5) is 19.5. The van der Waals surface area contributed by atoms with Gasteiger partial charge in [-0.3, -0.25) is 4.79 Å². The maximum Gasteiger partial charge on any atom is 0.258 e. The van der Waals surface area contributed by atoms with Gasteiger partial charge in [-0.2, -0.15) is 0 Å². The summed E-state index contributed by atoms with van der Waals surface area (Å²) >= 11 is 0. The number of carbonyl (C=O) groups is 1. The third kappa shape index (κ3) is 3.43. The van der Waals surface area contributed by atoms with E-state index in [1.54, 1.807) is 18.3 Å². The Balaban J connectivity index is 1.60. The van der Waals surface area contributed by atoms with E-state index in [0.29, 0.717) is 18.0 Å². The average molecular weight is 373 g/mol. The first-order chi connectivity index (χ1) is 13.7. The molecule has 1 aromatic heterocycles. The van der Waals surface area contributed by atoms with Crippen LogP contribution in [0.4, 0.5) is 17.2 Å². The second kappa shape index (κ2) is 7.72. The van der Waals surface area contributed by atoms with E-state index in [-0.39, 0.29) is 11.9 Å². The van der Waals surface area contributed by atoms with Gasteiger partial charge in [0.15, 0.2) is 0 Å². The molecule has 1 amide bonds. The van der Waals surface area contributed by atoms with Crippen LogP contribution >= 0.6 is 0 Å². The van der Waals surface area contributed by atoms with Crippen LogP contribution in [0.25, 0.3) is 0 Å². The number of benzene rings is 2. The van der Waals surface area contributed by atoms with Crippen LogP contribution in [0.3, 0.4) is 0 Å². The summed E-state index contributed by atoms with van der Waals surface area (Å²) in [6.45, 7) is 4.61. The van der Waals surface area contributed by atoms with E-state index in [1.165, 1.54) is 5.56 Å². The highest BCUT2D eigenvalue weighted by atomic mass is 16.5. The number of nitrogens with zero attached hydrogens (tertiary/aromatic N) is 2. The molecule has 1 N–H and O–H groups in total. The van der Waals surface area contributed by atoms with Gasteiger partial charge in [-0.1, -0.05) is 30.3 Å². The van der Waals surface area contributed by atoms with E-state index >= 15 is 0 Å². The zero-order valence-electron chi connectivity index (χ0n) is 16.1. The van der Waals surface area contributed by atoms with Crippen molar-refractivity contribution < 1.29 is 9.53 Å². The maximum absolute atomic E-state index is 13.2. The minimum atomic E-state index is -0.0130. The van der Waals surface area contributed by atoms with Crippen molar-refractivity contribution in [3.8, 4) is 5.75 Å². The Morgan fingerprint density at radius 2 is 1.96 bits per heavy atom. The number of hydrogen-bond donors (Lipinski definition) is 1. The Labute approximate surface area is 165 Å². The predicted octanol–water partition coefficient (Wildman–Crippen LogP) is 4.82. The predicted molar refractivity (Wildman–Crippen MR) is 112 cm³/mol. The minimum absolute atomic E-state index is 0.0130. The number of fused-ring (bicyclic) bond motifs is 1. The molecule has 0 saturated carbocycles. The summed E-state index contributed by atoms with van der Waals surface area (Å²) in [5.74, 6) is 1.35. The summed E-state index contributed by atoms with van der Waals surface area (Å²) in [5, 5.41) is 3.27. The van der Waals surface area contributed by atoms with Crippen LogP contribution in [0.15, 0.2) is 66.9 Å². The topological polar surface area (TPSA) is 54.5 Å². The van der Waals surface area contributed by atoms with Crippen molar-refractivity contribution in [3.63, 3.8) is 0 Å². The van der Waals surface area contributed by atoms with Crippen molar-refractivity contribution >= 4 is 23.1 Å². The van der Waals surface area contributed by atoms with E-state index in [9.17, 15) is 4.79 Å². The van der Waals surface area contributed by atoms with Gasteiger partial charge in [0, 0.05) is 23.5 Å². The van der Waals surface area contributed by atoms with Crippen LogP contribution in [-0.4, -0.2) is 23.5 Å². The lowest BCUT2D eigenvalue weighted by Gasteiger charge is -2.23. The van der Waals surface area contributed by atoms with Crippen LogP contribution in [-0.2, 0) is 6.42 Å². The molecule has 5 nitrogen and oxygen atoms in total. The van der Waals surface area contributed by atoms with E-state index in [0.717, 1.165) is 23.5 Å². The molecule has 0 aliphatic carbocycles. The Morgan fingerprint density at radius 1 is 1.18 bits per heavy atom. The van der Waals surface area contributed by atoms with Gasteiger partial charge >= 0.3 is 0 Å². The average Bonchev–Trinajstić information content (AvgIpc) is 3.05. The molecule has 4 rings (SSSR count). The lowest BCUT2D eigenvalue weighted by atomic mass is 10.1. The highest BCUT2D eigenvalue weighted by Gasteiger charge is 2.31. The molecule has 0 saturated heterocycles. The van der Waals surface area contributed by atoms with Gasteiger partial charge in [0.25, 0.3) is 5.91 Å². The molecule has 0 spiro atoms. The van der Waals surface area contributed by atoms with Crippen LogP contribution in [0, 0.1) is 0 Å². The van der Waals surface area contributed by atoms with E-state index in [4.69, 9.17) is 4.74 Å². The lowest BCUT2D eigenvalue weighted by Crippen LogP contribution is -2.35. The van der Waals surface area contributed by atoms with Gasteiger partial charge < -0.3 is 15.0 Å². The first-order valence-electron chi connectivity index (χ1n) is 9.53. The monoisotopic (exact) mass is 373 g/mol. The number of hydrogen-bond acceptors (Lipinski definition) is 4. The number of rotatable bonds is 5. The lowest BCUT2D eigenvalue weighted by molar-refractivity contribution is 0.0981. The first kappa shape index (κ1) is 18.0. The van der Waals surface area contributed by atoms with Crippen molar-refractivity contribution in [2.45, 2.75) is 26.3 Å². The Hall–Kier alpha value is -3.34. The number of nitrogens with one attached hydrogen (secondary N) is 1. The summed E-state index contributed by atoms with van der Waals surface area (Å²) in [6.07, 6.45) is 2.53. The molecule has 0 radical (unpaired) electrons. The Kier molecular flexibility index (Phi) is 4.98. The molecule has 1 atom stereocenters. The van der Waals surface area contributed by atoms with Crippen LogP contribution < -0.4 is 15.0 Å². The smallest absolute Gasteiger partial charge is 0.258 e. The summed E-state index contributed by atoms with van der Waals surface area (Å²) in [7, 11) is 0. The fourth-order valence-electron chi connectivity index (χ4n) is 3.64. The molecular weight excluding hydrogens is 350 g/mol. The van der Waals surface area contributed by atoms with Crippen LogP contribution in [0.5, 0.6) is 5.75 Å². The van der Waals surface area contributed by atoms with Crippen molar-refractivity contribution in [3.05, 3.63) is 78.0 Å². The summed E-state index contributed by atoms with van der Waals surface area (Å²) < 4.78 is 5.66. The zero-order valence-corrected chi connectivity index (χ0v) is 16.1. The summed E-state index contributed by atoms with van der Waals surface area (Å²) in [6, 6.07) is 19.5. The van der Waals surface area contributed by atoms with Gasteiger partial charge in [-0.15, -0.1) is 0 Å². The third-order valence-electron chi connectivity index (χ3n) is 4.88. The minimum Gasteiger partial charge on any atom is -0.492 e. The Bertz CT molecular complexity index is 1000. The fraction of sp³-hybridized carbons (Fsp3) is 0.217. The molecule has 28 heavy (non-hydrogen) atoms. The molecule has 1 aliphatic rings. The third-order valence-corrected chi connectivity index (χ3v) is 4.88. The largest absolute Gasteiger partial charge is 0.492 e. The number of pyridine rings is 1. The second-order valence-electron chi connectivity index (χ2n) is 6.84. The molecule has 3 aromatic rings.